The van der Waals surface area contributed by atoms with E-state index >= 15 is 0 Å². The van der Waals surface area contributed by atoms with Gasteiger partial charge in [0.1, 0.15) is 0 Å². The Morgan fingerprint density at radius 3 is 1.75 bits per heavy atom. The topological polar surface area (TPSA) is 61.4 Å². The lowest BCUT2D eigenvalue weighted by Crippen LogP contribution is -2.03. The smallest absolute Gasteiger partial charge is 0.235 e. The van der Waals surface area contributed by atoms with Crippen LogP contribution in [0, 0.1) is 0 Å². The van der Waals surface area contributed by atoms with Crippen molar-refractivity contribution in [1.29, 1.82) is 0 Å². The van der Waals surface area contributed by atoms with Gasteiger partial charge >= 0.3 is 0 Å². The molecule has 0 aliphatic rings. The summed E-state index contributed by atoms with van der Waals surface area (Å²) in [5.41, 5.74) is 14.7. The number of fused-ring (bicyclic) bond motifs is 9. The van der Waals surface area contributed by atoms with Crippen molar-refractivity contribution in [2.75, 3.05) is 0 Å². The van der Waals surface area contributed by atoms with Crippen LogP contribution in [0.5, 0.6) is 0 Å². The number of thiophene rings is 1. The normalized spacial score (nSPS) is 11.8. The first-order chi connectivity index (χ1) is 31.2. The Bertz CT molecular complexity index is 3860. The Balaban J connectivity index is 0.961. The van der Waals surface area contributed by atoms with E-state index in [9.17, 15) is 0 Å². The zero-order valence-corrected chi connectivity index (χ0v) is 34.5. The van der Waals surface area contributed by atoms with Gasteiger partial charge in [0.2, 0.25) is 5.95 Å². The van der Waals surface area contributed by atoms with Crippen molar-refractivity contribution >= 4 is 75.3 Å². The standard InChI is InChI=1S/C56H34N6S/c1-3-12-35(13-4-1)47-32-48(36-14-5-2-6-15-36)60-56(59-47)62-50-19-10-8-17-43(50)45-29-37(22-25-51(45)62)39-21-24-44-42-16-7-9-18-49(42)61(52(44)31-39)41-28-40(33-57-34-41)38-23-26-53-46(30-38)55-54(63-53)20-11-27-58-55/h1-34H. The molecule has 6 aromatic heterocycles. The molecule has 0 bridgehead atoms. The van der Waals surface area contributed by atoms with E-state index in [1.807, 2.05) is 36.8 Å². The van der Waals surface area contributed by atoms with E-state index in [1.165, 1.54) is 25.6 Å². The van der Waals surface area contributed by atoms with Crippen molar-refractivity contribution in [1.82, 2.24) is 29.1 Å². The number of pyridine rings is 2. The maximum absolute atomic E-state index is 5.24. The van der Waals surface area contributed by atoms with Crippen LogP contribution >= 0.6 is 11.3 Å². The molecule has 0 saturated carbocycles. The predicted molar refractivity (Wildman–Crippen MR) is 261 cm³/mol. The monoisotopic (exact) mass is 822 g/mol. The lowest BCUT2D eigenvalue weighted by atomic mass is 10.0. The minimum Gasteiger partial charge on any atom is -0.308 e. The summed E-state index contributed by atoms with van der Waals surface area (Å²) in [5, 5.41) is 5.85. The molecular formula is C56H34N6S. The molecular weight excluding hydrogens is 789 g/mol. The molecule has 13 aromatic rings. The molecule has 63 heavy (non-hydrogen) atoms. The third-order valence-electron chi connectivity index (χ3n) is 12.3. The fraction of sp³-hybridized carbons (Fsp3) is 0. The van der Waals surface area contributed by atoms with Crippen LogP contribution in [0.2, 0.25) is 0 Å². The van der Waals surface area contributed by atoms with Gasteiger partial charge in [-0.25, -0.2) is 9.97 Å². The van der Waals surface area contributed by atoms with Crippen molar-refractivity contribution in [2.45, 2.75) is 0 Å². The molecule has 0 fully saturated rings. The van der Waals surface area contributed by atoms with Crippen molar-refractivity contribution in [3.05, 3.63) is 207 Å². The molecule has 6 heterocycles. The van der Waals surface area contributed by atoms with Crippen molar-refractivity contribution in [3.63, 3.8) is 0 Å². The molecule has 6 nitrogen and oxygen atoms in total. The van der Waals surface area contributed by atoms with Gasteiger partial charge in [-0.1, -0.05) is 121 Å². The fourth-order valence-electron chi connectivity index (χ4n) is 9.33. The summed E-state index contributed by atoms with van der Waals surface area (Å²) in [7, 11) is 0. The number of nitrogens with zero attached hydrogens (tertiary/aromatic N) is 6. The zero-order valence-electron chi connectivity index (χ0n) is 33.7. The molecule has 294 valence electrons. The Kier molecular flexibility index (Phi) is 7.98. The quantitative estimate of drug-likeness (QED) is 0.168. The van der Waals surface area contributed by atoms with Crippen molar-refractivity contribution < 1.29 is 0 Å². The summed E-state index contributed by atoms with van der Waals surface area (Å²) in [4.78, 5) is 20.0. The van der Waals surface area contributed by atoms with Gasteiger partial charge in [0.15, 0.2) is 0 Å². The van der Waals surface area contributed by atoms with Crippen molar-refractivity contribution in [3.8, 4) is 56.4 Å². The van der Waals surface area contributed by atoms with Crippen molar-refractivity contribution in [2.24, 2.45) is 0 Å². The highest BCUT2D eigenvalue weighted by molar-refractivity contribution is 7.25. The first-order valence-electron chi connectivity index (χ1n) is 21.0. The number of hydrogen-bond acceptors (Lipinski definition) is 5. The molecule has 7 aromatic carbocycles. The lowest BCUT2D eigenvalue weighted by molar-refractivity contribution is 0.995. The van der Waals surface area contributed by atoms with Gasteiger partial charge in [-0.3, -0.25) is 14.5 Å². The molecule has 0 spiro atoms. The number of para-hydroxylation sites is 2. The molecule has 0 N–H and O–H groups in total. The highest BCUT2D eigenvalue weighted by Crippen LogP contribution is 2.40. The van der Waals surface area contributed by atoms with Crippen LogP contribution in [0.25, 0.3) is 120 Å². The van der Waals surface area contributed by atoms with E-state index in [1.54, 1.807) is 11.3 Å². The fourth-order valence-corrected chi connectivity index (χ4v) is 10.4. The van der Waals surface area contributed by atoms with Crippen LogP contribution < -0.4 is 0 Å². The number of benzene rings is 7. The minimum atomic E-state index is 0.635. The zero-order chi connectivity index (χ0) is 41.4. The maximum atomic E-state index is 5.24. The van der Waals surface area contributed by atoms with Crippen LogP contribution in [0.3, 0.4) is 0 Å². The van der Waals surface area contributed by atoms with Gasteiger partial charge in [0, 0.05) is 60.7 Å². The van der Waals surface area contributed by atoms with E-state index in [4.69, 9.17) is 19.9 Å². The lowest BCUT2D eigenvalue weighted by Gasteiger charge is -2.12. The van der Waals surface area contributed by atoms with Crippen LogP contribution in [0.1, 0.15) is 0 Å². The molecule has 0 amide bonds. The largest absolute Gasteiger partial charge is 0.308 e. The molecule has 0 unspecified atom stereocenters. The van der Waals surface area contributed by atoms with Gasteiger partial charge in [-0.15, -0.1) is 11.3 Å². The Morgan fingerprint density at radius 2 is 0.968 bits per heavy atom. The third-order valence-corrected chi connectivity index (χ3v) is 13.4. The van der Waals surface area contributed by atoms with Crippen LogP contribution in [-0.4, -0.2) is 29.1 Å². The Labute approximate surface area is 365 Å². The van der Waals surface area contributed by atoms with Crippen LogP contribution in [0.15, 0.2) is 207 Å². The number of aromatic nitrogens is 6. The summed E-state index contributed by atoms with van der Waals surface area (Å²) in [6.45, 7) is 0. The molecule has 0 aliphatic carbocycles. The predicted octanol–water partition coefficient (Wildman–Crippen LogP) is 14.5. The average molecular weight is 823 g/mol. The average Bonchev–Trinajstić information content (AvgIpc) is 4.01. The second kappa shape index (κ2) is 14.2. The van der Waals surface area contributed by atoms with Gasteiger partial charge in [0.05, 0.1) is 55.6 Å². The van der Waals surface area contributed by atoms with E-state index in [0.717, 1.165) is 88.8 Å². The summed E-state index contributed by atoms with van der Waals surface area (Å²) in [6, 6.07) is 66.7. The summed E-state index contributed by atoms with van der Waals surface area (Å²) in [5.74, 6) is 0.635. The molecule has 0 radical (unpaired) electrons. The van der Waals surface area contributed by atoms with Gasteiger partial charge < -0.3 is 4.57 Å². The van der Waals surface area contributed by atoms with Gasteiger partial charge in [-0.2, -0.15) is 0 Å². The summed E-state index contributed by atoms with van der Waals surface area (Å²) < 4.78 is 7.00. The minimum absolute atomic E-state index is 0.635. The van der Waals surface area contributed by atoms with E-state index in [2.05, 4.69) is 179 Å². The highest BCUT2D eigenvalue weighted by atomic mass is 32.1. The van der Waals surface area contributed by atoms with E-state index in [0.29, 0.717) is 5.95 Å². The summed E-state index contributed by atoms with van der Waals surface area (Å²) >= 11 is 1.78. The molecule has 13 rings (SSSR count). The summed E-state index contributed by atoms with van der Waals surface area (Å²) in [6.07, 6.45) is 5.81. The molecule has 0 atom stereocenters. The molecule has 0 saturated heterocycles. The number of hydrogen-bond donors (Lipinski definition) is 0. The third kappa shape index (κ3) is 5.78. The maximum Gasteiger partial charge on any atom is 0.235 e. The first-order valence-corrected chi connectivity index (χ1v) is 21.8. The molecule has 7 heteroatoms. The van der Waals surface area contributed by atoms with E-state index in [-0.39, 0.29) is 0 Å². The molecule has 0 aliphatic heterocycles. The van der Waals surface area contributed by atoms with Gasteiger partial charge in [0.25, 0.3) is 0 Å². The highest BCUT2D eigenvalue weighted by Gasteiger charge is 2.19. The van der Waals surface area contributed by atoms with Crippen LogP contribution in [0.4, 0.5) is 0 Å². The Hall–Kier alpha value is -8.26. The second-order valence-corrected chi connectivity index (χ2v) is 17.0. The Morgan fingerprint density at radius 1 is 0.365 bits per heavy atom. The van der Waals surface area contributed by atoms with E-state index < -0.39 is 0 Å². The SMILES string of the molecule is c1ccc(-c2cc(-c3ccccc3)nc(-n3c4ccccc4c4cc(-c5ccc6c7ccccc7n(-c7cncc(-c8ccc9sc%10cccnc%10c9c8)c7)c6c5)ccc43)n2)cc1. The first kappa shape index (κ1) is 35.5. The number of rotatable bonds is 6. The van der Waals surface area contributed by atoms with Gasteiger partial charge in [-0.05, 0) is 83.4 Å². The second-order valence-electron chi connectivity index (χ2n) is 15.9. The van der Waals surface area contributed by atoms with Crippen LogP contribution in [-0.2, 0) is 0 Å².